The number of rotatable bonds is 6. The van der Waals surface area contributed by atoms with Gasteiger partial charge in [-0.05, 0) is 63.5 Å². The van der Waals surface area contributed by atoms with Crippen LogP contribution in [0.1, 0.15) is 25.6 Å². The van der Waals surface area contributed by atoms with E-state index in [1.807, 2.05) is 31.2 Å². The van der Waals surface area contributed by atoms with Crippen molar-refractivity contribution in [3.05, 3.63) is 29.1 Å². The molecule has 0 saturated heterocycles. The van der Waals surface area contributed by atoms with Crippen LogP contribution in [-0.2, 0) is 0 Å². The number of nitrogens with one attached hydrogen (secondary N) is 1. The van der Waals surface area contributed by atoms with Gasteiger partial charge in [0.05, 0.1) is 4.88 Å². The number of aliphatic hydroxyl groups is 1. The van der Waals surface area contributed by atoms with E-state index in [2.05, 4.69) is 35.7 Å². The van der Waals surface area contributed by atoms with E-state index in [1.54, 1.807) is 0 Å². The van der Waals surface area contributed by atoms with Crippen molar-refractivity contribution < 1.29 is 9.84 Å². The van der Waals surface area contributed by atoms with Crippen LogP contribution in [0.3, 0.4) is 0 Å². The Hall–Kier alpha value is -1.21. The van der Waals surface area contributed by atoms with E-state index in [0.717, 1.165) is 21.9 Å². The molecular formula is C16H24ClN3O2S. The molecule has 1 aromatic carbocycles. The summed E-state index contributed by atoms with van der Waals surface area (Å²) in [5.41, 5.74) is 1.92. The normalized spacial score (nSPS) is 12.6. The van der Waals surface area contributed by atoms with Gasteiger partial charge in [-0.2, -0.15) is 0 Å². The summed E-state index contributed by atoms with van der Waals surface area (Å²) in [5.74, 6) is 0.736. The molecule has 0 fully saturated rings. The monoisotopic (exact) mass is 357 g/mol. The summed E-state index contributed by atoms with van der Waals surface area (Å²) in [6.45, 7) is 8.96. The fourth-order valence-electron chi connectivity index (χ4n) is 1.88. The van der Waals surface area contributed by atoms with Crippen LogP contribution in [-0.4, -0.2) is 39.5 Å². The Bertz CT molecular complexity index is 596. The number of aliphatic hydroxyl groups excluding tert-OH is 1. The predicted molar refractivity (Wildman–Crippen MR) is 96.6 cm³/mol. The van der Waals surface area contributed by atoms with Crippen molar-refractivity contribution in [1.82, 2.24) is 14.9 Å². The average molecular weight is 358 g/mol. The number of β-amino-alcohol motifs (C(OH)–C–C–N with tert-alkyl or cyclic N) is 1. The molecule has 0 saturated carbocycles. The van der Waals surface area contributed by atoms with Crippen molar-refractivity contribution in [1.29, 1.82) is 0 Å². The smallest absolute Gasteiger partial charge is 0.119 e. The summed E-state index contributed by atoms with van der Waals surface area (Å²) in [7, 11) is 0. The van der Waals surface area contributed by atoms with E-state index < -0.39 is 6.10 Å². The van der Waals surface area contributed by atoms with E-state index in [1.165, 1.54) is 11.5 Å². The van der Waals surface area contributed by atoms with Crippen LogP contribution in [0.4, 0.5) is 0 Å². The highest BCUT2D eigenvalue weighted by Gasteiger charge is 2.13. The Kier molecular flexibility index (Phi) is 7.41. The van der Waals surface area contributed by atoms with Crippen LogP contribution in [0.15, 0.2) is 24.3 Å². The van der Waals surface area contributed by atoms with E-state index in [9.17, 15) is 5.11 Å². The Morgan fingerprint density at radius 1 is 1.26 bits per heavy atom. The third-order valence-electron chi connectivity index (χ3n) is 3.09. The molecule has 0 amide bonds. The minimum absolute atomic E-state index is 0. The van der Waals surface area contributed by atoms with Gasteiger partial charge in [0.15, 0.2) is 0 Å². The zero-order chi connectivity index (χ0) is 16.2. The Morgan fingerprint density at radius 3 is 2.43 bits per heavy atom. The third kappa shape index (κ3) is 6.43. The first kappa shape index (κ1) is 19.8. The summed E-state index contributed by atoms with van der Waals surface area (Å²) >= 11 is 1.39. The quantitative estimate of drug-likeness (QED) is 0.831. The van der Waals surface area contributed by atoms with Crippen molar-refractivity contribution in [3.63, 3.8) is 0 Å². The van der Waals surface area contributed by atoms with Crippen molar-refractivity contribution in [2.24, 2.45) is 0 Å². The molecule has 0 aliphatic rings. The maximum atomic E-state index is 9.91. The van der Waals surface area contributed by atoms with Crippen LogP contribution >= 0.6 is 23.9 Å². The number of benzene rings is 1. The van der Waals surface area contributed by atoms with Crippen LogP contribution in [0.25, 0.3) is 11.3 Å². The average Bonchev–Trinajstić information content (AvgIpc) is 2.89. The van der Waals surface area contributed by atoms with E-state index in [-0.39, 0.29) is 24.6 Å². The second kappa shape index (κ2) is 8.59. The largest absolute Gasteiger partial charge is 0.491 e. The first-order valence-corrected chi connectivity index (χ1v) is 8.08. The highest BCUT2D eigenvalue weighted by Crippen LogP contribution is 2.24. The summed E-state index contributed by atoms with van der Waals surface area (Å²) < 4.78 is 9.55. The summed E-state index contributed by atoms with van der Waals surface area (Å²) in [4.78, 5) is 1.09. The number of halogens is 1. The lowest BCUT2D eigenvalue weighted by Gasteiger charge is -2.22. The SMILES string of the molecule is Cc1snnc1-c1ccc(OCC(O)CNC(C)(C)C)cc1.Cl. The van der Waals surface area contributed by atoms with E-state index in [4.69, 9.17) is 4.74 Å². The van der Waals surface area contributed by atoms with Crippen LogP contribution in [0.2, 0.25) is 0 Å². The van der Waals surface area contributed by atoms with Gasteiger partial charge in [-0.25, -0.2) is 0 Å². The van der Waals surface area contributed by atoms with Crippen LogP contribution in [0, 0.1) is 6.92 Å². The second-order valence-electron chi connectivity index (χ2n) is 6.30. The topological polar surface area (TPSA) is 67.3 Å². The van der Waals surface area contributed by atoms with Gasteiger partial charge >= 0.3 is 0 Å². The lowest BCUT2D eigenvalue weighted by Crippen LogP contribution is -2.42. The van der Waals surface area contributed by atoms with E-state index in [0.29, 0.717) is 6.54 Å². The molecule has 0 bridgehead atoms. The van der Waals surface area contributed by atoms with Gasteiger partial charge in [0.1, 0.15) is 24.2 Å². The van der Waals surface area contributed by atoms with Gasteiger partial charge in [0, 0.05) is 17.6 Å². The molecule has 0 aliphatic carbocycles. The molecule has 1 atom stereocenters. The molecule has 0 radical (unpaired) electrons. The summed E-state index contributed by atoms with van der Waals surface area (Å²) in [5, 5.41) is 17.3. The maximum Gasteiger partial charge on any atom is 0.119 e. The number of aryl methyl sites for hydroxylation is 1. The first-order valence-electron chi connectivity index (χ1n) is 7.30. The number of aromatic nitrogens is 2. The molecule has 128 valence electrons. The number of hydrogen-bond donors (Lipinski definition) is 2. The standard InChI is InChI=1S/C16H23N3O2S.ClH/c1-11-15(18-19-22-11)12-5-7-14(8-6-12)21-10-13(20)9-17-16(2,3)4;/h5-8,13,17,20H,9-10H2,1-4H3;1H. The minimum atomic E-state index is -0.538. The van der Waals surface area contributed by atoms with Gasteiger partial charge in [-0.1, -0.05) is 4.49 Å². The van der Waals surface area contributed by atoms with Gasteiger partial charge in [-0.15, -0.1) is 17.5 Å². The Balaban J connectivity index is 0.00000264. The summed E-state index contributed by atoms with van der Waals surface area (Å²) in [6, 6.07) is 7.69. The molecule has 2 N–H and O–H groups in total. The molecule has 0 spiro atoms. The van der Waals surface area contributed by atoms with E-state index >= 15 is 0 Å². The number of hydrogen-bond acceptors (Lipinski definition) is 6. The highest BCUT2D eigenvalue weighted by atomic mass is 35.5. The second-order valence-corrected chi connectivity index (χ2v) is 7.26. The molecule has 0 aliphatic heterocycles. The van der Waals surface area contributed by atoms with Crippen molar-refractivity contribution in [3.8, 4) is 17.0 Å². The first-order chi connectivity index (χ1) is 10.3. The molecule has 1 heterocycles. The number of ether oxygens (including phenoxy) is 1. The van der Waals surface area contributed by atoms with Crippen molar-refractivity contribution >= 4 is 23.9 Å². The van der Waals surface area contributed by atoms with Crippen LogP contribution < -0.4 is 10.1 Å². The van der Waals surface area contributed by atoms with Crippen molar-refractivity contribution in [2.45, 2.75) is 39.3 Å². The highest BCUT2D eigenvalue weighted by molar-refractivity contribution is 7.05. The molecule has 2 aromatic rings. The molecule has 2 rings (SSSR count). The minimum Gasteiger partial charge on any atom is -0.491 e. The van der Waals surface area contributed by atoms with Crippen molar-refractivity contribution in [2.75, 3.05) is 13.2 Å². The maximum absolute atomic E-state index is 9.91. The zero-order valence-corrected chi connectivity index (χ0v) is 15.5. The molecule has 5 nitrogen and oxygen atoms in total. The number of nitrogens with zero attached hydrogens (tertiary/aromatic N) is 2. The third-order valence-corrected chi connectivity index (χ3v) is 3.72. The molecular weight excluding hydrogens is 334 g/mol. The lowest BCUT2D eigenvalue weighted by molar-refractivity contribution is 0.100. The molecule has 7 heteroatoms. The Morgan fingerprint density at radius 2 is 1.91 bits per heavy atom. The molecule has 23 heavy (non-hydrogen) atoms. The predicted octanol–water partition coefficient (Wildman–Crippen LogP) is 3.06. The van der Waals surface area contributed by atoms with Gasteiger partial charge in [-0.3, -0.25) is 0 Å². The van der Waals surface area contributed by atoms with Crippen LogP contribution in [0.5, 0.6) is 5.75 Å². The lowest BCUT2D eigenvalue weighted by atomic mass is 10.1. The molecule has 1 unspecified atom stereocenters. The zero-order valence-electron chi connectivity index (χ0n) is 13.9. The van der Waals surface area contributed by atoms with Gasteiger partial charge in [0.25, 0.3) is 0 Å². The molecule has 1 aromatic heterocycles. The summed E-state index contributed by atoms with van der Waals surface area (Å²) in [6.07, 6.45) is -0.538. The Labute approximate surface area is 147 Å². The fraction of sp³-hybridized carbons (Fsp3) is 0.500. The fourth-order valence-corrected chi connectivity index (χ4v) is 2.37. The van der Waals surface area contributed by atoms with Gasteiger partial charge in [0.2, 0.25) is 0 Å². The van der Waals surface area contributed by atoms with Gasteiger partial charge < -0.3 is 15.2 Å².